The van der Waals surface area contributed by atoms with Crippen molar-refractivity contribution in [2.45, 2.75) is 12.5 Å². The number of aliphatic hydroxyl groups is 1. The molecule has 0 fully saturated rings. The van der Waals surface area contributed by atoms with E-state index in [1.165, 1.54) is 6.20 Å². The number of nitrogens with zero attached hydrogens (tertiary/aromatic N) is 2. The minimum atomic E-state index is -1.11. The smallest absolute Gasteiger partial charge is 0.407 e. The molecule has 0 aliphatic rings. The molecule has 2 aromatic rings. The fraction of sp³-hybridized carbons (Fsp3) is 0.250. The number of phenolic OH excluding ortho intramolecular Hbond substituents is 1. The van der Waals surface area contributed by atoms with E-state index in [4.69, 9.17) is 11.6 Å². The van der Waals surface area contributed by atoms with Crippen molar-refractivity contribution < 1.29 is 20.1 Å². The second-order valence-corrected chi connectivity index (χ2v) is 5.46. The number of phenols is 1. The number of carbonyl (C=O) groups is 1. The van der Waals surface area contributed by atoms with E-state index in [1.54, 1.807) is 36.4 Å². The van der Waals surface area contributed by atoms with Gasteiger partial charge in [-0.1, -0.05) is 29.8 Å². The number of aromatic nitrogens is 1. The molecular formula is C16H17ClN2O4. The van der Waals surface area contributed by atoms with Crippen molar-refractivity contribution in [3.63, 3.8) is 0 Å². The number of benzene rings is 1. The van der Waals surface area contributed by atoms with Gasteiger partial charge in [0, 0.05) is 18.3 Å². The van der Waals surface area contributed by atoms with Crippen molar-refractivity contribution in [3.05, 3.63) is 58.9 Å². The summed E-state index contributed by atoms with van der Waals surface area (Å²) >= 11 is 5.69. The molecule has 0 unspecified atom stereocenters. The van der Waals surface area contributed by atoms with Crippen LogP contribution in [0.5, 0.6) is 5.75 Å². The first-order valence-electron chi connectivity index (χ1n) is 7.01. The van der Waals surface area contributed by atoms with Crippen LogP contribution in [0.3, 0.4) is 0 Å². The molecule has 0 aliphatic carbocycles. The lowest BCUT2D eigenvalue weighted by Gasteiger charge is -2.22. The summed E-state index contributed by atoms with van der Waals surface area (Å²) in [6.45, 7) is 0.176. The van der Waals surface area contributed by atoms with Gasteiger partial charge in [0.1, 0.15) is 10.9 Å². The molecule has 1 heterocycles. The molecule has 7 heteroatoms. The lowest BCUT2D eigenvalue weighted by Crippen LogP contribution is -2.35. The van der Waals surface area contributed by atoms with Gasteiger partial charge in [0.25, 0.3) is 0 Å². The van der Waals surface area contributed by atoms with Gasteiger partial charge in [-0.2, -0.15) is 0 Å². The number of halogens is 1. The van der Waals surface area contributed by atoms with Crippen LogP contribution in [-0.2, 0) is 6.42 Å². The molecule has 0 radical (unpaired) electrons. The minimum Gasteiger partial charge on any atom is -0.508 e. The topological polar surface area (TPSA) is 93.9 Å². The van der Waals surface area contributed by atoms with Crippen LogP contribution in [0.4, 0.5) is 4.79 Å². The first-order chi connectivity index (χ1) is 11.0. The Balaban J connectivity index is 1.96. The maximum absolute atomic E-state index is 11.3. The van der Waals surface area contributed by atoms with E-state index in [0.717, 1.165) is 10.5 Å². The number of amides is 1. The zero-order chi connectivity index (χ0) is 16.8. The van der Waals surface area contributed by atoms with Crippen molar-refractivity contribution in [1.82, 2.24) is 9.88 Å². The third kappa shape index (κ3) is 5.12. The van der Waals surface area contributed by atoms with E-state index in [0.29, 0.717) is 17.1 Å². The Bertz CT molecular complexity index is 646. The molecule has 1 aromatic heterocycles. The van der Waals surface area contributed by atoms with Gasteiger partial charge in [-0.25, -0.2) is 9.78 Å². The Morgan fingerprint density at radius 3 is 2.48 bits per heavy atom. The number of hydrogen-bond donors (Lipinski definition) is 3. The SMILES string of the molecule is O=C(O)N(CCc1ccc(O)cc1)C[C@H](O)c1ccc(Cl)nc1. The summed E-state index contributed by atoms with van der Waals surface area (Å²) in [5.41, 5.74) is 1.40. The van der Waals surface area contributed by atoms with Crippen LogP contribution in [0, 0.1) is 0 Å². The molecule has 6 nitrogen and oxygen atoms in total. The average molecular weight is 337 g/mol. The summed E-state index contributed by atoms with van der Waals surface area (Å²) in [5.74, 6) is 0.162. The zero-order valence-corrected chi connectivity index (χ0v) is 13.0. The Kier molecular flexibility index (Phi) is 5.78. The predicted octanol–water partition coefficient (Wildman–Crippen LogP) is 2.70. The van der Waals surface area contributed by atoms with E-state index < -0.39 is 12.2 Å². The van der Waals surface area contributed by atoms with E-state index in [-0.39, 0.29) is 18.8 Å². The first kappa shape index (κ1) is 17.1. The average Bonchev–Trinajstić information content (AvgIpc) is 2.53. The van der Waals surface area contributed by atoms with Crippen LogP contribution >= 0.6 is 11.6 Å². The standard InChI is InChI=1S/C16H17ClN2O4/c17-15-6-3-12(9-18-15)14(21)10-19(16(22)23)8-7-11-1-4-13(20)5-2-11/h1-6,9,14,20-21H,7-8,10H2,(H,22,23)/t14-/m0/s1. The van der Waals surface area contributed by atoms with Gasteiger partial charge in [-0.05, 0) is 30.2 Å². The minimum absolute atomic E-state index is 0.0588. The molecule has 3 N–H and O–H groups in total. The van der Waals surface area contributed by atoms with Gasteiger partial charge in [0.2, 0.25) is 0 Å². The van der Waals surface area contributed by atoms with E-state index in [2.05, 4.69) is 4.98 Å². The van der Waals surface area contributed by atoms with Gasteiger partial charge in [-0.3, -0.25) is 0 Å². The molecule has 122 valence electrons. The Morgan fingerprint density at radius 1 is 1.22 bits per heavy atom. The number of aromatic hydroxyl groups is 1. The summed E-state index contributed by atoms with van der Waals surface area (Å²) in [6.07, 6.45) is -0.175. The second-order valence-electron chi connectivity index (χ2n) is 5.08. The van der Waals surface area contributed by atoms with Gasteiger partial charge < -0.3 is 20.2 Å². The van der Waals surface area contributed by atoms with Crippen molar-refractivity contribution in [1.29, 1.82) is 0 Å². The van der Waals surface area contributed by atoms with Gasteiger partial charge in [0.15, 0.2) is 0 Å². The van der Waals surface area contributed by atoms with E-state index >= 15 is 0 Å². The molecular weight excluding hydrogens is 320 g/mol. The highest BCUT2D eigenvalue weighted by Crippen LogP contribution is 2.16. The van der Waals surface area contributed by atoms with Crippen molar-refractivity contribution in [2.75, 3.05) is 13.1 Å². The molecule has 0 aliphatic heterocycles. The molecule has 0 spiro atoms. The molecule has 23 heavy (non-hydrogen) atoms. The number of aliphatic hydroxyl groups excluding tert-OH is 1. The second kappa shape index (κ2) is 7.80. The van der Waals surface area contributed by atoms with Gasteiger partial charge in [0.05, 0.1) is 12.6 Å². The Morgan fingerprint density at radius 2 is 1.91 bits per heavy atom. The highest BCUT2D eigenvalue weighted by molar-refractivity contribution is 6.29. The largest absolute Gasteiger partial charge is 0.508 e. The van der Waals surface area contributed by atoms with Gasteiger partial charge >= 0.3 is 6.09 Å². The van der Waals surface area contributed by atoms with Crippen LogP contribution in [0.1, 0.15) is 17.2 Å². The highest BCUT2D eigenvalue weighted by Gasteiger charge is 2.18. The van der Waals surface area contributed by atoms with E-state index in [1.807, 2.05) is 0 Å². The van der Waals surface area contributed by atoms with Crippen LogP contribution in [0.15, 0.2) is 42.6 Å². The fourth-order valence-electron chi connectivity index (χ4n) is 2.09. The third-order valence-corrected chi connectivity index (χ3v) is 3.63. The maximum atomic E-state index is 11.3. The highest BCUT2D eigenvalue weighted by atomic mass is 35.5. The summed E-state index contributed by atoms with van der Waals surface area (Å²) in [7, 11) is 0. The molecule has 0 bridgehead atoms. The number of pyridine rings is 1. The third-order valence-electron chi connectivity index (χ3n) is 3.41. The summed E-state index contributed by atoms with van der Waals surface area (Å²) < 4.78 is 0. The van der Waals surface area contributed by atoms with Gasteiger partial charge in [-0.15, -0.1) is 0 Å². The van der Waals surface area contributed by atoms with E-state index in [9.17, 15) is 20.1 Å². The number of hydrogen-bond acceptors (Lipinski definition) is 4. The Hall–Kier alpha value is -2.31. The molecule has 2 rings (SSSR count). The summed E-state index contributed by atoms with van der Waals surface area (Å²) in [4.78, 5) is 16.3. The number of carboxylic acid groups (broad SMARTS) is 1. The quantitative estimate of drug-likeness (QED) is 0.705. The molecule has 1 amide bonds. The van der Waals surface area contributed by atoms with Crippen LogP contribution < -0.4 is 0 Å². The zero-order valence-electron chi connectivity index (χ0n) is 12.3. The molecule has 0 saturated heterocycles. The lowest BCUT2D eigenvalue weighted by atomic mass is 10.1. The molecule has 1 atom stereocenters. The van der Waals surface area contributed by atoms with Crippen LogP contribution in [-0.4, -0.2) is 44.4 Å². The van der Waals surface area contributed by atoms with Crippen molar-refractivity contribution in [2.24, 2.45) is 0 Å². The summed E-state index contributed by atoms with van der Waals surface area (Å²) in [5, 5.41) is 29.0. The molecule has 0 saturated carbocycles. The van der Waals surface area contributed by atoms with Crippen LogP contribution in [0.2, 0.25) is 5.15 Å². The van der Waals surface area contributed by atoms with Crippen molar-refractivity contribution in [3.8, 4) is 5.75 Å². The predicted molar refractivity (Wildman–Crippen MR) is 85.6 cm³/mol. The summed E-state index contributed by atoms with van der Waals surface area (Å²) in [6, 6.07) is 9.72. The Labute approximate surface area is 138 Å². The number of rotatable bonds is 6. The van der Waals surface area contributed by atoms with Crippen molar-refractivity contribution >= 4 is 17.7 Å². The maximum Gasteiger partial charge on any atom is 0.407 e. The normalized spacial score (nSPS) is 11.9. The lowest BCUT2D eigenvalue weighted by molar-refractivity contribution is 0.0971. The fourth-order valence-corrected chi connectivity index (χ4v) is 2.20. The molecule has 1 aromatic carbocycles. The van der Waals surface area contributed by atoms with Crippen LogP contribution in [0.25, 0.3) is 0 Å². The first-order valence-corrected chi connectivity index (χ1v) is 7.39. The monoisotopic (exact) mass is 336 g/mol.